The Morgan fingerprint density at radius 3 is 2.39 bits per heavy atom. The molecule has 170 valence electrons. The second-order valence-corrected chi connectivity index (χ2v) is 10.1. The average Bonchev–Trinajstić information content (AvgIpc) is 3.01. The highest BCUT2D eigenvalue weighted by Crippen LogP contribution is 2.42. The molecule has 0 amide bonds. The first kappa shape index (κ1) is 21.8. The summed E-state index contributed by atoms with van der Waals surface area (Å²) in [5, 5.41) is 0.502. The molecule has 0 unspecified atom stereocenters. The van der Waals surface area contributed by atoms with E-state index >= 15 is 0 Å². The molecule has 0 aliphatic carbocycles. The van der Waals surface area contributed by atoms with E-state index in [1.165, 1.54) is 16.4 Å². The Morgan fingerprint density at radius 2 is 1.67 bits per heavy atom. The largest absolute Gasteiger partial charge is 0.493 e. The molecule has 0 bridgehead atoms. The predicted molar refractivity (Wildman–Crippen MR) is 127 cm³/mol. The van der Waals surface area contributed by atoms with Crippen LogP contribution in [0.15, 0.2) is 76.6 Å². The average molecular weight is 484 g/mol. The number of ether oxygens (including phenoxy) is 2. The Kier molecular flexibility index (Phi) is 5.74. The maximum absolute atomic E-state index is 13.1. The number of para-hydroxylation sites is 3. The van der Waals surface area contributed by atoms with Gasteiger partial charge in [0.25, 0.3) is 0 Å². The van der Waals surface area contributed by atoms with Gasteiger partial charge in [-0.1, -0.05) is 29.8 Å². The summed E-state index contributed by atoms with van der Waals surface area (Å²) in [5.41, 5.74) is 1.52. The van der Waals surface area contributed by atoms with Crippen molar-refractivity contribution in [1.29, 1.82) is 0 Å². The van der Waals surface area contributed by atoms with Crippen LogP contribution in [0.5, 0.6) is 17.2 Å². The van der Waals surface area contributed by atoms with Gasteiger partial charge in [0, 0.05) is 31.2 Å². The van der Waals surface area contributed by atoms with Crippen molar-refractivity contribution in [2.75, 3.05) is 33.3 Å². The zero-order chi connectivity index (χ0) is 23.0. The number of sulfonamides is 1. The zero-order valence-electron chi connectivity index (χ0n) is 17.9. The fourth-order valence-electron chi connectivity index (χ4n) is 4.01. The lowest BCUT2D eigenvalue weighted by atomic mass is 10.1. The fourth-order valence-corrected chi connectivity index (χ4v) is 5.56. The quantitative estimate of drug-likeness (QED) is 0.547. The molecule has 0 saturated carbocycles. The number of aliphatic imine (C=N–C) groups is 1. The summed E-state index contributed by atoms with van der Waals surface area (Å²) < 4.78 is 39.4. The maximum Gasteiger partial charge on any atom is 0.243 e. The van der Waals surface area contributed by atoms with E-state index in [1.807, 2.05) is 42.5 Å². The molecule has 0 aromatic heterocycles. The molecular formula is C24H22ClN3O4S. The normalized spacial score (nSPS) is 16.2. The molecule has 1 fully saturated rings. The Bertz CT molecular complexity index is 1320. The molecule has 2 heterocycles. The van der Waals surface area contributed by atoms with Gasteiger partial charge in [0.2, 0.25) is 10.0 Å². The number of halogens is 1. The molecule has 1 saturated heterocycles. The number of hydrogen-bond acceptors (Lipinski definition) is 6. The van der Waals surface area contributed by atoms with Gasteiger partial charge in [0.1, 0.15) is 11.5 Å². The first-order valence-corrected chi connectivity index (χ1v) is 12.3. The number of fused-ring (bicyclic) bond motifs is 2. The summed E-state index contributed by atoms with van der Waals surface area (Å²) in [6.45, 7) is 1.66. The summed E-state index contributed by atoms with van der Waals surface area (Å²) in [5.74, 6) is 2.58. The lowest BCUT2D eigenvalue weighted by Gasteiger charge is -2.36. The molecule has 3 aromatic carbocycles. The number of piperazine rings is 1. The van der Waals surface area contributed by atoms with Crippen LogP contribution >= 0.6 is 11.6 Å². The molecule has 33 heavy (non-hydrogen) atoms. The third-order valence-electron chi connectivity index (χ3n) is 5.73. The van der Waals surface area contributed by atoms with Gasteiger partial charge in [-0.3, -0.25) is 0 Å². The van der Waals surface area contributed by atoms with Gasteiger partial charge in [-0.2, -0.15) is 4.31 Å². The van der Waals surface area contributed by atoms with Gasteiger partial charge in [0.15, 0.2) is 17.2 Å². The van der Waals surface area contributed by atoms with Crippen LogP contribution in [0.1, 0.15) is 5.56 Å². The molecule has 0 N–H and O–H groups in total. The van der Waals surface area contributed by atoms with Crippen LogP contribution in [0, 0.1) is 0 Å². The SMILES string of the molecule is COc1cccc2c1Oc1ccccc1N=C2N1CCN(S(=O)(=O)c2ccc(Cl)cc2)CC1. The molecule has 5 rings (SSSR count). The van der Waals surface area contributed by atoms with Crippen molar-refractivity contribution in [3.05, 3.63) is 77.3 Å². The minimum atomic E-state index is -3.60. The highest BCUT2D eigenvalue weighted by molar-refractivity contribution is 7.89. The van der Waals surface area contributed by atoms with E-state index in [-0.39, 0.29) is 4.90 Å². The topological polar surface area (TPSA) is 71.4 Å². The maximum atomic E-state index is 13.1. The molecule has 2 aliphatic heterocycles. The van der Waals surface area contributed by atoms with Crippen LogP contribution in [0.3, 0.4) is 0 Å². The van der Waals surface area contributed by atoms with E-state index in [4.69, 9.17) is 26.1 Å². The van der Waals surface area contributed by atoms with Crippen LogP contribution in [-0.2, 0) is 10.0 Å². The van der Waals surface area contributed by atoms with Gasteiger partial charge in [0.05, 0.1) is 17.6 Å². The van der Waals surface area contributed by atoms with Gasteiger partial charge in [-0.05, 0) is 48.5 Å². The van der Waals surface area contributed by atoms with Crippen molar-refractivity contribution in [3.63, 3.8) is 0 Å². The number of benzene rings is 3. The predicted octanol–water partition coefficient (Wildman–Crippen LogP) is 4.54. The second-order valence-electron chi connectivity index (χ2n) is 7.69. The van der Waals surface area contributed by atoms with Gasteiger partial charge in [-0.15, -0.1) is 0 Å². The zero-order valence-corrected chi connectivity index (χ0v) is 19.5. The van der Waals surface area contributed by atoms with E-state index in [0.29, 0.717) is 54.1 Å². The van der Waals surface area contributed by atoms with E-state index in [1.54, 1.807) is 19.2 Å². The molecular weight excluding hydrogens is 462 g/mol. The van der Waals surface area contributed by atoms with Crippen LogP contribution < -0.4 is 9.47 Å². The van der Waals surface area contributed by atoms with Crippen LogP contribution in [0.25, 0.3) is 0 Å². The third kappa shape index (κ3) is 4.06. The highest BCUT2D eigenvalue weighted by atomic mass is 35.5. The monoisotopic (exact) mass is 483 g/mol. The summed E-state index contributed by atoms with van der Waals surface area (Å²) in [7, 11) is -1.99. The van der Waals surface area contributed by atoms with Crippen LogP contribution in [0.4, 0.5) is 5.69 Å². The first-order valence-electron chi connectivity index (χ1n) is 10.5. The number of amidine groups is 1. The van der Waals surface area contributed by atoms with E-state index in [0.717, 1.165) is 11.4 Å². The molecule has 0 spiro atoms. The van der Waals surface area contributed by atoms with E-state index in [2.05, 4.69) is 4.90 Å². The summed E-state index contributed by atoms with van der Waals surface area (Å²) >= 11 is 5.92. The van der Waals surface area contributed by atoms with E-state index < -0.39 is 10.0 Å². The lowest BCUT2D eigenvalue weighted by Crippen LogP contribution is -2.50. The molecule has 3 aromatic rings. The van der Waals surface area contributed by atoms with Crippen LogP contribution in [0.2, 0.25) is 5.02 Å². The smallest absolute Gasteiger partial charge is 0.243 e. The van der Waals surface area contributed by atoms with Crippen molar-refractivity contribution >= 4 is 33.1 Å². The van der Waals surface area contributed by atoms with Crippen molar-refractivity contribution in [2.24, 2.45) is 4.99 Å². The van der Waals surface area contributed by atoms with Gasteiger partial charge < -0.3 is 14.4 Å². The fraction of sp³-hybridized carbons (Fsp3) is 0.208. The van der Waals surface area contributed by atoms with Gasteiger partial charge in [-0.25, -0.2) is 13.4 Å². The Balaban J connectivity index is 1.46. The van der Waals surface area contributed by atoms with E-state index in [9.17, 15) is 8.42 Å². The standard InChI is InChI=1S/C24H22ClN3O4S/c1-31-22-8-4-5-19-23(22)32-21-7-3-2-6-20(21)26-24(19)27-13-15-28(16-14-27)33(29,30)18-11-9-17(25)10-12-18/h2-12H,13-16H2,1H3. The lowest BCUT2D eigenvalue weighted by molar-refractivity contribution is 0.266. The van der Waals surface area contributed by atoms with Crippen molar-refractivity contribution in [2.45, 2.75) is 4.90 Å². The summed E-state index contributed by atoms with van der Waals surface area (Å²) in [6.07, 6.45) is 0. The minimum Gasteiger partial charge on any atom is -0.493 e. The number of methoxy groups -OCH3 is 1. The summed E-state index contributed by atoms with van der Waals surface area (Å²) in [6, 6.07) is 19.5. The molecule has 0 radical (unpaired) electrons. The van der Waals surface area contributed by atoms with Gasteiger partial charge >= 0.3 is 0 Å². The van der Waals surface area contributed by atoms with Crippen molar-refractivity contribution < 1.29 is 17.9 Å². The number of rotatable bonds is 3. The first-order chi connectivity index (χ1) is 16.0. The van der Waals surface area contributed by atoms with Crippen molar-refractivity contribution in [1.82, 2.24) is 9.21 Å². The highest BCUT2D eigenvalue weighted by Gasteiger charge is 2.32. The second kappa shape index (κ2) is 8.70. The Morgan fingerprint density at radius 1 is 0.939 bits per heavy atom. The Hall–Kier alpha value is -3.07. The number of nitrogens with zero attached hydrogens (tertiary/aromatic N) is 3. The number of hydrogen-bond donors (Lipinski definition) is 0. The summed E-state index contributed by atoms with van der Waals surface area (Å²) in [4.78, 5) is 7.25. The Labute approximate surface area is 197 Å². The third-order valence-corrected chi connectivity index (χ3v) is 7.90. The minimum absolute atomic E-state index is 0.240. The van der Waals surface area contributed by atoms with Crippen molar-refractivity contribution in [3.8, 4) is 17.2 Å². The van der Waals surface area contributed by atoms with Crippen LogP contribution in [-0.4, -0.2) is 56.7 Å². The molecule has 2 aliphatic rings. The molecule has 7 nitrogen and oxygen atoms in total. The molecule has 9 heteroatoms. The molecule has 0 atom stereocenters.